The molecule has 4 heterocycles. The average Bonchev–Trinajstić information content (AvgIpc) is 3.90. The summed E-state index contributed by atoms with van der Waals surface area (Å²) in [4.78, 5) is 11.5. The number of fused-ring (bicyclic) bond motifs is 9. The monoisotopic (exact) mass is 670 g/mol. The van der Waals surface area contributed by atoms with E-state index in [1.807, 2.05) is 0 Å². The third-order valence-electron chi connectivity index (χ3n) is 10.4. The minimum absolute atomic E-state index is 0.324. The molecule has 0 bridgehead atoms. The number of aliphatic imine (C=N–C) groups is 1. The minimum atomic E-state index is -0.324. The molecule has 1 atom stereocenters. The van der Waals surface area contributed by atoms with Gasteiger partial charge in [0.15, 0.2) is 0 Å². The lowest BCUT2D eigenvalue weighted by atomic mass is 9.99. The molecule has 51 heavy (non-hydrogen) atoms. The number of thiophene rings is 1. The van der Waals surface area contributed by atoms with Crippen LogP contribution < -0.4 is 5.32 Å². The van der Waals surface area contributed by atoms with Crippen LogP contribution in [0.25, 0.3) is 76.0 Å². The number of anilines is 1. The molecule has 0 radical (unpaired) electrons. The predicted octanol–water partition coefficient (Wildman–Crippen LogP) is 12.4. The van der Waals surface area contributed by atoms with Gasteiger partial charge in [-0.05, 0) is 69.9 Å². The Morgan fingerprint density at radius 1 is 0.510 bits per heavy atom. The lowest BCUT2D eigenvalue weighted by Gasteiger charge is -2.26. The largest absolute Gasteiger partial charge is 0.354 e. The SMILES string of the molecule is c1ccc(C2=NC(n3c4ccccc4c4cc(-c5ccc6[nH]c7ccc8ccccc8c7c6c5)ccc43)Nc3cc(-c4ccccc4)sc32)cc1. The zero-order valence-electron chi connectivity index (χ0n) is 27.5. The molecule has 11 rings (SSSR count). The zero-order chi connectivity index (χ0) is 33.5. The number of hydrogen-bond donors (Lipinski definition) is 2. The van der Waals surface area contributed by atoms with E-state index in [0.717, 1.165) is 33.5 Å². The van der Waals surface area contributed by atoms with Gasteiger partial charge in [-0.15, -0.1) is 11.3 Å². The molecule has 0 amide bonds. The van der Waals surface area contributed by atoms with Crippen LogP contribution >= 0.6 is 11.3 Å². The van der Waals surface area contributed by atoms with Gasteiger partial charge in [0, 0.05) is 43.0 Å². The third kappa shape index (κ3) is 4.42. The maximum atomic E-state index is 5.48. The number of benzene rings is 7. The Kier molecular flexibility index (Phi) is 6.15. The van der Waals surface area contributed by atoms with Gasteiger partial charge >= 0.3 is 0 Å². The Bertz CT molecular complexity index is 3000. The summed E-state index contributed by atoms with van der Waals surface area (Å²) in [5.41, 5.74) is 11.5. The Hall–Kier alpha value is -6.43. The van der Waals surface area contributed by atoms with Crippen LogP contribution in [0.1, 0.15) is 16.7 Å². The van der Waals surface area contributed by atoms with E-state index in [0.29, 0.717) is 0 Å². The zero-order valence-corrected chi connectivity index (χ0v) is 28.3. The van der Waals surface area contributed by atoms with Gasteiger partial charge in [0.1, 0.15) is 0 Å². The second-order valence-electron chi connectivity index (χ2n) is 13.3. The second-order valence-corrected chi connectivity index (χ2v) is 14.3. The van der Waals surface area contributed by atoms with Crippen molar-refractivity contribution in [1.82, 2.24) is 9.55 Å². The molecule has 1 unspecified atom stereocenters. The molecule has 0 fully saturated rings. The molecule has 3 aromatic heterocycles. The Morgan fingerprint density at radius 3 is 2.02 bits per heavy atom. The molecule has 1 aliphatic rings. The fourth-order valence-electron chi connectivity index (χ4n) is 7.99. The smallest absolute Gasteiger partial charge is 0.201 e. The maximum Gasteiger partial charge on any atom is 0.201 e. The van der Waals surface area contributed by atoms with E-state index in [1.165, 1.54) is 64.3 Å². The maximum absolute atomic E-state index is 5.48. The highest BCUT2D eigenvalue weighted by Crippen LogP contribution is 2.43. The van der Waals surface area contributed by atoms with Crippen LogP contribution in [0, 0.1) is 0 Å². The van der Waals surface area contributed by atoms with Crippen molar-refractivity contribution in [2.45, 2.75) is 6.29 Å². The van der Waals surface area contributed by atoms with Crippen molar-refractivity contribution < 1.29 is 0 Å². The Morgan fingerprint density at radius 2 is 1.18 bits per heavy atom. The first kappa shape index (κ1) is 28.4. The number of H-pyrrole nitrogens is 1. The fraction of sp³-hybridized carbons (Fsp3) is 0.0217. The summed E-state index contributed by atoms with van der Waals surface area (Å²) in [5.74, 6) is 0. The highest BCUT2D eigenvalue weighted by molar-refractivity contribution is 7.18. The number of nitrogens with zero attached hydrogens (tertiary/aromatic N) is 2. The molecule has 1 aliphatic heterocycles. The first-order valence-electron chi connectivity index (χ1n) is 17.3. The quantitative estimate of drug-likeness (QED) is 0.192. The summed E-state index contributed by atoms with van der Waals surface area (Å²) >= 11 is 1.80. The molecule has 0 saturated carbocycles. The topological polar surface area (TPSA) is 45.1 Å². The molecular weight excluding hydrogens is 641 g/mol. The van der Waals surface area contributed by atoms with E-state index in [1.54, 1.807) is 11.3 Å². The number of aromatic nitrogens is 2. The van der Waals surface area contributed by atoms with Crippen LogP contribution in [0.4, 0.5) is 5.69 Å². The van der Waals surface area contributed by atoms with Crippen molar-refractivity contribution in [3.05, 3.63) is 174 Å². The summed E-state index contributed by atoms with van der Waals surface area (Å²) in [6.45, 7) is 0. The van der Waals surface area contributed by atoms with Gasteiger partial charge in [0.2, 0.25) is 6.29 Å². The normalized spacial score (nSPS) is 14.4. The van der Waals surface area contributed by atoms with E-state index < -0.39 is 0 Å². The lowest BCUT2D eigenvalue weighted by molar-refractivity contribution is 0.625. The molecule has 0 saturated heterocycles. The van der Waals surface area contributed by atoms with Crippen LogP contribution in [0.2, 0.25) is 0 Å². The van der Waals surface area contributed by atoms with Gasteiger partial charge in [-0.2, -0.15) is 0 Å². The molecule has 4 nitrogen and oxygen atoms in total. The summed E-state index contributed by atoms with van der Waals surface area (Å²) in [5, 5.41) is 11.3. The molecule has 7 aromatic carbocycles. The van der Waals surface area contributed by atoms with E-state index in [9.17, 15) is 0 Å². The van der Waals surface area contributed by atoms with Gasteiger partial charge in [-0.3, -0.25) is 0 Å². The van der Waals surface area contributed by atoms with Gasteiger partial charge in [-0.1, -0.05) is 121 Å². The van der Waals surface area contributed by atoms with Gasteiger partial charge in [-0.25, -0.2) is 4.99 Å². The molecule has 10 aromatic rings. The van der Waals surface area contributed by atoms with Crippen LogP contribution in [-0.4, -0.2) is 15.3 Å². The van der Waals surface area contributed by atoms with Crippen LogP contribution in [0.15, 0.2) is 169 Å². The van der Waals surface area contributed by atoms with E-state index in [2.05, 4.69) is 179 Å². The standard InChI is InChI=1S/C46H30N4S/c1-3-12-29(13-4-1)42-27-39-45(51-42)44(30-14-5-2-6-15-30)49-46(48-39)50-40-18-10-9-17-34(40)35-25-32(21-24-41(35)50)31-20-22-37-36(26-31)43-33-16-8-7-11-28(33)19-23-38(43)47-37/h1-27,46-48H. The number of aromatic amines is 1. The first-order valence-corrected chi connectivity index (χ1v) is 18.1. The van der Waals surface area contributed by atoms with Crippen LogP contribution in [0.5, 0.6) is 0 Å². The summed E-state index contributed by atoms with van der Waals surface area (Å²) in [6.07, 6.45) is -0.324. The molecule has 0 spiro atoms. The van der Waals surface area contributed by atoms with Crippen molar-refractivity contribution in [3.8, 4) is 21.6 Å². The van der Waals surface area contributed by atoms with Crippen molar-refractivity contribution in [2.24, 2.45) is 4.99 Å². The lowest BCUT2D eigenvalue weighted by Crippen LogP contribution is -2.23. The minimum Gasteiger partial charge on any atom is -0.354 e. The summed E-state index contributed by atoms with van der Waals surface area (Å²) in [6, 6.07) is 59.0. The van der Waals surface area contributed by atoms with Crippen LogP contribution in [0.3, 0.4) is 0 Å². The second kappa shape index (κ2) is 11.0. The number of nitrogens with one attached hydrogen (secondary N) is 2. The number of rotatable bonds is 4. The number of para-hydroxylation sites is 1. The van der Waals surface area contributed by atoms with Gasteiger partial charge in [0.25, 0.3) is 0 Å². The Labute approximate surface area is 298 Å². The first-order chi connectivity index (χ1) is 25.3. The molecule has 5 heteroatoms. The summed E-state index contributed by atoms with van der Waals surface area (Å²) < 4.78 is 2.37. The fourth-order valence-corrected chi connectivity index (χ4v) is 9.14. The molecular formula is C46H30N4S. The summed E-state index contributed by atoms with van der Waals surface area (Å²) in [7, 11) is 0. The van der Waals surface area contributed by atoms with Crippen LogP contribution in [-0.2, 0) is 0 Å². The number of hydrogen-bond acceptors (Lipinski definition) is 3. The van der Waals surface area contributed by atoms with E-state index in [4.69, 9.17) is 4.99 Å². The van der Waals surface area contributed by atoms with E-state index in [-0.39, 0.29) is 6.29 Å². The molecule has 240 valence electrons. The Balaban J connectivity index is 1.08. The van der Waals surface area contributed by atoms with E-state index >= 15 is 0 Å². The van der Waals surface area contributed by atoms with Gasteiger partial charge in [0.05, 0.1) is 27.3 Å². The predicted molar refractivity (Wildman–Crippen MR) is 216 cm³/mol. The molecule has 0 aliphatic carbocycles. The third-order valence-corrected chi connectivity index (χ3v) is 11.6. The average molecular weight is 671 g/mol. The van der Waals surface area contributed by atoms with Crippen molar-refractivity contribution in [1.29, 1.82) is 0 Å². The molecule has 2 N–H and O–H groups in total. The highest BCUT2D eigenvalue weighted by atomic mass is 32.1. The highest BCUT2D eigenvalue weighted by Gasteiger charge is 2.28. The van der Waals surface area contributed by atoms with Gasteiger partial charge < -0.3 is 14.9 Å². The van der Waals surface area contributed by atoms with Crippen molar-refractivity contribution >= 4 is 77.1 Å². The van der Waals surface area contributed by atoms with Crippen molar-refractivity contribution in [2.75, 3.05) is 5.32 Å². The van der Waals surface area contributed by atoms with Crippen molar-refractivity contribution in [3.63, 3.8) is 0 Å².